The zero-order valence-electron chi connectivity index (χ0n) is 38.5. The average Bonchev–Trinajstić information content (AvgIpc) is 3.11. The first-order valence-electron chi connectivity index (χ1n) is 20.4. The highest BCUT2D eigenvalue weighted by atomic mass is 32.2. The number of carbonyl (C=O) groups excluding carboxylic acids is 1. The van der Waals surface area contributed by atoms with Gasteiger partial charge in [-0.1, -0.05) is 70.8 Å². The summed E-state index contributed by atoms with van der Waals surface area (Å²) >= 11 is 0. The lowest BCUT2D eigenvalue weighted by molar-refractivity contribution is 0.103. The first-order valence-corrected chi connectivity index (χ1v) is 26.1. The minimum atomic E-state index is -4.78. The summed E-state index contributed by atoms with van der Waals surface area (Å²) in [5.41, 5.74) is 5.05. The number of aryl methyl sites for hydroxylation is 12. The third-order valence-electron chi connectivity index (χ3n) is 10.6. The van der Waals surface area contributed by atoms with Crippen molar-refractivity contribution >= 4 is 46.3 Å². The van der Waals surface area contributed by atoms with Crippen LogP contribution in [0.3, 0.4) is 0 Å². The summed E-state index contributed by atoms with van der Waals surface area (Å²) in [6, 6.07) is 19.3. The second-order valence-corrected chi connectivity index (χ2v) is 22.6. The zero-order chi connectivity index (χ0) is 49.0. The van der Waals surface area contributed by atoms with E-state index in [1.807, 2.05) is 0 Å². The molecule has 0 fully saturated rings. The molecule has 0 bridgehead atoms. The molecule has 0 heterocycles. The van der Waals surface area contributed by atoms with Crippen molar-refractivity contribution in [2.75, 3.05) is 0 Å². The Morgan fingerprint density at radius 2 is 0.530 bits per heavy atom. The van der Waals surface area contributed by atoms with Crippen molar-refractivity contribution < 1.29 is 55.2 Å². The third-order valence-corrected chi connectivity index (χ3v) is 16.8. The maximum atomic E-state index is 14.9. The van der Waals surface area contributed by atoms with Gasteiger partial charge in [0.25, 0.3) is 0 Å². The molecule has 6 rings (SSSR count). The summed E-state index contributed by atoms with van der Waals surface area (Å²) in [5.74, 6) is -3.28. The van der Waals surface area contributed by atoms with Gasteiger partial charge in [-0.05, 0) is 152 Å². The Morgan fingerprint density at radius 3 is 0.758 bits per heavy atom. The first kappa shape index (κ1) is 49.4. The number of benzene rings is 6. The fraction of sp³-hybridized carbons (Fsp3) is 0.245. The minimum absolute atomic E-state index is 0.117. The van der Waals surface area contributed by atoms with Crippen LogP contribution in [0.4, 0.5) is 0 Å². The van der Waals surface area contributed by atoms with Gasteiger partial charge in [-0.25, -0.2) is 0 Å². The van der Waals surface area contributed by atoms with Gasteiger partial charge in [0.05, 0.1) is 11.1 Å². The van der Waals surface area contributed by atoms with Crippen molar-refractivity contribution in [2.45, 2.75) is 103 Å². The summed E-state index contributed by atoms with van der Waals surface area (Å²) in [6.07, 6.45) is 0. The summed E-state index contributed by atoms with van der Waals surface area (Å²) < 4.78 is 135. The summed E-state index contributed by atoms with van der Waals surface area (Å²) in [4.78, 5) is 14.2. The number of ketones is 1. The Balaban J connectivity index is 1.54. The Labute approximate surface area is 387 Å². The van der Waals surface area contributed by atoms with E-state index in [1.54, 1.807) is 132 Å². The van der Waals surface area contributed by atoms with E-state index in [-0.39, 0.29) is 19.6 Å². The standard InChI is InChI=1S/C49H50O13S4/c1-27-17-31(5)46(32(6)18-27)63(51,52)59-39-13-15-41(43(25-39)61-65(55,56)48-35(9)21-29(3)22-36(48)10)45(50)42-16-14-40(60-64(53,54)47-33(7)19-28(2)20-34(47)8)26-44(42)62-66(57,58)49-37(11)23-30(4)24-38(49)12/h13-26H,1-12H3. The smallest absolute Gasteiger partial charge is 0.339 e. The van der Waals surface area contributed by atoms with Crippen LogP contribution in [0.2, 0.25) is 0 Å². The van der Waals surface area contributed by atoms with Gasteiger partial charge in [-0.15, -0.1) is 0 Å². The molecule has 66 heavy (non-hydrogen) atoms. The molecule has 17 heteroatoms. The molecule has 0 spiro atoms. The van der Waals surface area contributed by atoms with E-state index in [4.69, 9.17) is 16.7 Å². The molecule has 348 valence electrons. The average molecular weight is 975 g/mol. The molecule has 0 aliphatic carbocycles. The highest BCUT2D eigenvalue weighted by molar-refractivity contribution is 7.88. The molecule has 0 unspecified atom stereocenters. The van der Waals surface area contributed by atoms with E-state index in [0.29, 0.717) is 44.5 Å². The quantitative estimate of drug-likeness (QED) is 0.0741. The Hall–Kier alpha value is -6.01. The van der Waals surface area contributed by atoms with Gasteiger partial charge in [-0.3, -0.25) is 4.79 Å². The SMILES string of the molecule is Cc1cc(C)c(S(=O)(=O)Oc2ccc(C(=O)c3ccc(OS(=O)(=O)c4c(C)cc(C)cc4C)cc3OS(=O)(=O)c3c(C)cc(C)cc3C)c(OS(=O)(=O)c3c(C)cc(C)cc3C)c2)c(C)c1. The van der Waals surface area contributed by atoms with Gasteiger partial charge in [0, 0.05) is 12.1 Å². The van der Waals surface area contributed by atoms with Crippen LogP contribution in [-0.4, -0.2) is 39.5 Å². The largest absolute Gasteiger partial charge is 0.379 e. The number of hydrogen-bond acceptors (Lipinski definition) is 13. The van der Waals surface area contributed by atoms with Crippen LogP contribution in [0.1, 0.15) is 82.7 Å². The van der Waals surface area contributed by atoms with Crippen LogP contribution in [-0.2, 0) is 40.5 Å². The van der Waals surface area contributed by atoms with Crippen molar-refractivity contribution in [3.8, 4) is 23.0 Å². The predicted molar refractivity (Wildman–Crippen MR) is 250 cm³/mol. The first-order chi connectivity index (χ1) is 30.5. The van der Waals surface area contributed by atoms with E-state index < -0.39 is 80.4 Å². The van der Waals surface area contributed by atoms with Crippen molar-refractivity contribution in [1.82, 2.24) is 0 Å². The molecule has 6 aromatic carbocycles. The normalized spacial score (nSPS) is 12.2. The highest BCUT2D eigenvalue weighted by Crippen LogP contribution is 2.38. The second kappa shape index (κ2) is 18.0. The molecule has 0 atom stereocenters. The lowest BCUT2D eigenvalue weighted by Crippen LogP contribution is -2.18. The lowest BCUT2D eigenvalue weighted by Gasteiger charge is -2.18. The van der Waals surface area contributed by atoms with Crippen LogP contribution < -0.4 is 16.7 Å². The Morgan fingerprint density at radius 1 is 0.318 bits per heavy atom. The lowest BCUT2D eigenvalue weighted by atomic mass is 10.0. The molecule has 0 amide bonds. The second-order valence-electron chi connectivity index (χ2n) is 16.7. The van der Waals surface area contributed by atoms with Crippen LogP contribution in [0, 0.1) is 83.1 Å². The summed E-state index contributed by atoms with van der Waals surface area (Å²) in [7, 11) is -18.7. The van der Waals surface area contributed by atoms with E-state index in [2.05, 4.69) is 0 Å². The van der Waals surface area contributed by atoms with Crippen LogP contribution in [0.15, 0.2) is 105 Å². The zero-order valence-corrected chi connectivity index (χ0v) is 41.8. The van der Waals surface area contributed by atoms with Gasteiger partial charge in [0.2, 0.25) is 5.78 Å². The molecule has 0 saturated heterocycles. The van der Waals surface area contributed by atoms with E-state index in [9.17, 15) is 38.5 Å². The minimum Gasteiger partial charge on any atom is -0.379 e. The van der Waals surface area contributed by atoms with Crippen LogP contribution >= 0.6 is 0 Å². The molecule has 0 saturated carbocycles. The van der Waals surface area contributed by atoms with Gasteiger partial charge < -0.3 is 16.7 Å². The van der Waals surface area contributed by atoms with Crippen LogP contribution in [0.5, 0.6) is 23.0 Å². The van der Waals surface area contributed by atoms with E-state index in [1.165, 1.54) is 0 Å². The number of hydrogen-bond donors (Lipinski definition) is 0. The third kappa shape index (κ3) is 10.2. The van der Waals surface area contributed by atoms with Crippen molar-refractivity contribution in [3.63, 3.8) is 0 Å². The van der Waals surface area contributed by atoms with Crippen molar-refractivity contribution in [2.24, 2.45) is 0 Å². The van der Waals surface area contributed by atoms with E-state index >= 15 is 0 Å². The molecule has 0 aliphatic rings. The monoisotopic (exact) mass is 974 g/mol. The molecule has 0 radical (unpaired) electrons. The number of rotatable bonds is 14. The molecule has 13 nitrogen and oxygen atoms in total. The number of carbonyl (C=O) groups is 1. The molecule has 0 aliphatic heterocycles. The van der Waals surface area contributed by atoms with Crippen molar-refractivity contribution in [1.29, 1.82) is 0 Å². The van der Waals surface area contributed by atoms with E-state index in [0.717, 1.165) is 58.7 Å². The van der Waals surface area contributed by atoms with Gasteiger partial charge in [-0.2, -0.15) is 33.7 Å². The molecule has 0 N–H and O–H groups in total. The fourth-order valence-corrected chi connectivity index (χ4v) is 14.1. The Kier molecular flexibility index (Phi) is 13.5. The topological polar surface area (TPSA) is 191 Å². The maximum absolute atomic E-state index is 14.9. The summed E-state index contributed by atoms with van der Waals surface area (Å²) in [6.45, 7) is 19.8. The van der Waals surface area contributed by atoms with Gasteiger partial charge in [0.1, 0.15) is 31.1 Å². The predicted octanol–water partition coefficient (Wildman–Crippen LogP) is 9.69. The van der Waals surface area contributed by atoms with Gasteiger partial charge in [0.15, 0.2) is 11.5 Å². The molecule has 6 aromatic rings. The fourth-order valence-electron chi connectivity index (χ4n) is 8.67. The Bertz CT molecular complexity index is 3140. The molecular weight excluding hydrogens is 925 g/mol. The summed E-state index contributed by atoms with van der Waals surface area (Å²) in [5, 5.41) is 0. The van der Waals surface area contributed by atoms with Crippen molar-refractivity contribution in [3.05, 3.63) is 163 Å². The van der Waals surface area contributed by atoms with Crippen LogP contribution in [0.25, 0.3) is 0 Å². The highest BCUT2D eigenvalue weighted by Gasteiger charge is 2.32. The molecular formula is C49H50O13S4. The molecule has 0 aromatic heterocycles. The van der Waals surface area contributed by atoms with Gasteiger partial charge >= 0.3 is 40.5 Å². The maximum Gasteiger partial charge on any atom is 0.339 e.